The van der Waals surface area contributed by atoms with Crippen LogP contribution in [0.3, 0.4) is 0 Å². The number of ether oxygens (including phenoxy) is 2. The number of esters is 1. The molecule has 33 heavy (non-hydrogen) atoms. The van der Waals surface area contributed by atoms with Crippen molar-refractivity contribution in [3.63, 3.8) is 0 Å². The number of aryl methyl sites for hydroxylation is 1. The number of fused-ring (bicyclic) bond motifs is 2. The summed E-state index contributed by atoms with van der Waals surface area (Å²) in [5, 5.41) is 1.52. The molecule has 3 aromatic carbocycles. The molecule has 0 spiro atoms. The molecule has 0 aliphatic carbocycles. The molecule has 0 fully saturated rings. The molecule has 5 rings (SSSR count). The number of benzene rings is 3. The largest absolute Gasteiger partial charge is 0.497 e. The second-order valence-corrected chi connectivity index (χ2v) is 8.37. The third-order valence-electron chi connectivity index (χ3n) is 5.41. The summed E-state index contributed by atoms with van der Waals surface area (Å²) in [5.41, 5.74) is 2.41. The lowest BCUT2D eigenvalue weighted by atomic mass is 9.99. The van der Waals surface area contributed by atoms with Crippen molar-refractivity contribution in [2.45, 2.75) is 6.92 Å². The van der Waals surface area contributed by atoms with Crippen LogP contribution >= 0.6 is 15.9 Å². The SMILES string of the molecule is COc1ccc(-c2c(C)c3ccc(OC(=O)c4cc5cc(Br)ccc5o4)cc3oc2=O)cc1. The topological polar surface area (TPSA) is 78.9 Å². The van der Waals surface area contributed by atoms with E-state index in [1.54, 1.807) is 43.5 Å². The molecular weight excluding hydrogens is 488 g/mol. The molecule has 0 amide bonds. The van der Waals surface area contributed by atoms with Gasteiger partial charge in [-0.05, 0) is 66.6 Å². The van der Waals surface area contributed by atoms with E-state index in [1.165, 1.54) is 6.07 Å². The molecule has 0 atom stereocenters. The molecule has 0 radical (unpaired) electrons. The highest BCUT2D eigenvalue weighted by Crippen LogP contribution is 2.30. The van der Waals surface area contributed by atoms with Crippen LogP contribution in [0.1, 0.15) is 16.1 Å². The first-order valence-corrected chi connectivity index (χ1v) is 10.9. The van der Waals surface area contributed by atoms with Crippen molar-refractivity contribution in [2.75, 3.05) is 7.11 Å². The first-order chi connectivity index (χ1) is 15.9. The van der Waals surface area contributed by atoms with Gasteiger partial charge in [0.05, 0.1) is 12.7 Å². The van der Waals surface area contributed by atoms with E-state index in [0.29, 0.717) is 22.5 Å². The Morgan fingerprint density at radius 2 is 1.64 bits per heavy atom. The predicted molar refractivity (Wildman–Crippen MR) is 128 cm³/mol. The summed E-state index contributed by atoms with van der Waals surface area (Å²) >= 11 is 3.39. The van der Waals surface area contributed by atoms with E-state index >= 15 is 0 Å². The maximum Gasteiger partial charge on any atom is 0.379 e. The summed E-state index contributed by atoms with van der Waals surface area (Å²) in [4.78, 5) is 25.4. The molecule has 2 heterocycles. The van der Waals surface area contributed by atoms with E-state index in [0.717, 1.165) is 26.4 Å². The van der Waals surface area contributed by atoms with Gasteiger partial charge < -0.3 is 18.3 Å². The van der Waals surface area contributed by atoms with E-state index in [4.69, 9.17) is 18.3 Å². The molecule has 0 N–H and O–H groups in total. The lowest BCUT2D eigenvalue weighted by Crippen LogP contribution is -2.08. The Hall–Kier alpha value is -3.84. The zero-order valence-corrected chi connectivity index (χ0v) is 19.3. The quantitative estimate of drug-likeness (QED) is 0.158. The smallest absolute Gasteiger partial charge is 0.379 e. The van der Waals surface area contributed by atoms with E-state index in [-0.39, 0.29) is 11.5 Å². The van der Waals surface area contributed by atoms with Crippen molar-refractivity contribution < 1.29 is 23.1 Å². The number of furan rings is 1. The molecular formula is C26H17BrO6. The van der Waals surface area contributed by atoms with Gasteiger partial charge in [0.2, 0.25) is 5.76 Å². The predicted octanol–water partition coefficient (Wildman–Crippen LogP) is 6.50. The van der Waals surface area contributed by atoms with Gasteiger partial charge in [0, 0.05) is 21.3 Å². The maximum atomic E-state index is 12.8. The average molecular weight is 505 g/mol. The van der Waals surface area contributed by atoms with E-state index in [1.807, 2.05) is 31.2 Å². The Balaban J connectivity index is 1.47. The van der Waals surface area contributed by atoms with Crippen molar-refractivity contribution in [1.82, 2.24) is 0 Å². The van der Waals surface area contributed by atoms with E-state index < -0.39 is 11.6 Å². The van der Waals surface area contributed by atoms with Crippen LogP contribution in [0.15, 0.2) is 84.8 Å². The van der Waals surface area contributed by atoms with Crippen LogP contribution in [0.2, 0.25) is 0 Å². The molecule has 0 unspecified atom stereocenters. The summed E-state index contributed by atoms with van der Waals surface area (Å²) in [6, 6.07) is 19.2. The van der Waals surface area contributed by atoms with Crippen LogP contribution in [0, 0.1) is 6.92 Å². The zero-order valence-electron chi connectivity index (χ0n) is 17.7. The fourth-order valence-electron chi connectivity index (χ4n) is 3.76. The number of carbonyl (C=O) groups excluding carboxylic acids is 1. The van der Waals surface area contributed by atoms with Crippen molar-refractivity contribution in [3.8, 4) is 22.6 Å². The molecule has 0 bridgehead atoms. The number of hydrogen-bond acceptors (Lipinski definition) is 6. The molecule has 2 aromatic heterocycles. The van der Waals surface area contributed by atoms with Crippen LogP contribution in [0.4, 0.5) is 0 Å². The summed E-state index contributed by atoms with van der Waals surface area (Å²) in [7, 11) is 1.59. The summed E-state index contributed by atoms with van der Waals surface area (Å²) < 4.78 is 22.7. The van der Waals surface area contributed by atoms with E-state index in [2.05, 4.69) is 15.9 Å². The fourth-order valence-corrected chi connectivity index (χ4v) is 4.14. The van der Waals surface area contributed by atoms with Crippen LogP contribution in [0.5, 0.6) is 11.5 Å². The molecule has 5 aromatic rings. The Labute approximate surface area is 196 Å². The standard InChI is InChI=1S/C26H17BrO6/c1-14-20-9-8-19(31-25(28)23-12-16-11-17(27)5-10-21(16)32-23)13-22(20)33-26(29)24(14)15-3-6-18(30-2)7-4-15/h3-13H,1-2H3. The Kier molecular flexibility index (Phi) is 5.26. The Morgan fingerprint density at radius 1 is 0.879 bits per heavy atom. The van der Waals surface area contributed by atoms with Gasteiger partial charge in [-0.3, -0.25) is 0 Å². The molecule has 0 saturated heterocycles. The molecule has 164 valence electrons. The minimum atomic E-state index is -0.643. The van der Waals surface area contributed by atoms with Gasteiger partial charge in [-0.2, -0.15) is 0 Å². The molecule has 0 saturated carbocycles. The number of rotatable bonds is 4. The molecule has 6 nitrogen and oxygen atoms in total. The van der Waals surface area contributed by atoms with Gasteiger partial charge in [0.1, 0.15) is 22.7 Å². The summed E-state index contributed by atoms with van der Waals surface area (Å²) in [6.07, 6.45) is 0. The summed E-state index contributed by atoms with van der Waals surface area (Å²) in [5.74, 6) is 0.380. The van der Waals surface area contributed by atoms with Crippen molar-refractivity contribution >= 4 is 43.8 Å². The second-order valence-electron chi connectivity index (χ2n) is 7.46. The van der Waals surface area contributed by atoms with Gasteiger partial charge in [0.25, 0.3) is 0 Å². The highest BCUT2D eigenvalue weighted by molar-refractivity contribution is 9.10. The number of carbonyl (C=O) groups is 1. The van der Waals surface area contributed by atoms with Crippen LogP contribution in [0.25, 0.3) is 33.1 Å². The van der Waals surface area contributed by atoms with Gasteiger partial charge in [-0.15, -0.1) is 0 Å². The first-order valence-electron chi connectivity index (χ1n) is 10.1. The lowest BCUT2D eigenvalue weighted by Gasteiger charge is -2.10. The normalized spacial score (nSPS) is 11.1. The lowest BCUT2D eigenvalue weighted by molar-refractivity contribution is 0.0704. The number of methoxy groups -OCH3 is 1. The average Bonchev–Trinajstić information content (AvgIpc) is 3.23. The number of hydrogen-bond donors (Lipinski definition) is 0. The molecule has 7 heteroatoms. The Morgan fingerprint density at radius 3 is 2.39 bits per heavy atom. The minimum absolute atomic E-state index is 0.0793. The van der Waals surface area contributed by atoms with Gasteiger partial charge in [-0.25, -0.2) is 9.59 Å². The van der Waals surface area contributed by atoms with E-state index in [9.17, 15) is 9.59 Å². The van der Waals surface area contributed by atoms with Gasteiger partial charge in [-0.1, -0.05) is 28.1 Å². The van der Waals surface area contributed by atoms with Gasteiger partial charge >= 0.3 is 11.6 Å². The van der Waals surface area contributed by atoms with Crippen molar-refractivity contribution in [2.24, 2.45) is 0 Å². The van der Waals surface area contributed by atoms with Crippen molar-refractivity contribution in [3.05, 3.63) is 92.9 Å². The highest BCUT2D eigenvalue weighted by Gasteiger charge is 2.18. The maximum absolute atomic E-state index is 12.8. The summed E-state index contributed by atoms with van der Waals surface area (Å²) in [6.45, 7) is 1.86. The number of halogens is 1. The van der Waals surface area contributed by atoms with Crippen LogP contribution in [-0.4, -0.2) is 13.1 Å². The monoisotopic (exact) mass is 504 g/mol. The Bertz CT molecular complexity index is 1580. The molecule has 0 aliphatic heterocycles. The highest BCUT2D eigenvalue weighted by atomic mass is 79.9. The third-order valence-corrected chi connectivity index (χ3v) is 5.90. The van der Waals surface area contributed by atoms with Gasteiger partial charge in [0.15, 0.2) is 0 Å². The van der Waals surface area contributed by atoms with Crippen LogP contribution in [-0.2, 0) is 0 Å². The second kappa shape index (κ2) is 8.26. The van der Waals surface area contributed by atoms with Crippen molar-refractivity contribution in [1.29, 1.82) is 0 Å². The van der Waals surface area contributed by atoms with Crippen LogP contribution < -0.4 is 15.1 Å². The molecule has 0 aliphatic rings. The third kappa shape index (κ3) is 3.91. The fraction of sp³-hybridized carbons (Fsp3) is 0.0769. The zero-order chi connectivity index (χ0) is 23.1. The minimum Gasteiger partial charge on any atom is -0.497 e. The first kappa shape index (κ1) is 21.0.